The molecule has 2 aromatic rings. The van der Waals surface area contributed by atoms with Gasteiger partial charge in [0.2, 0.25) is 0 Å². The molecule has 0 spiro atoms. The lowest BCUT2D eigenvalue weighted by Gasteiger charge is -2.13. The van der Waals surface area contributed by atoms with Gasteiger partial charge in [-0.3, -0.25) is 35.6 Å². The van der Waals surface area contributed by atoms with Crippen LogP contribution in [0.5, 0.6) is 0 Å². The zero-order chi connectivity index (χ0) is 18.8. The van der Waals surface area contributed by atoms with E-state index in [1.165, 1.54) is 6.07 Å². The van der Waals surface area contributed by atoms with Gasteiger partial charge in [-0.25, -0.2) is 0 Å². The Bertz CT molecular complexity index is 964. The molecule has 0 aliphatic carbocycles. The summed E-state index contributed by atoms with van der Waals surface area (Å²) in [5, 5.41) is 21.3. The highest BCUT2D eigenvalue weighted by atomic mass is 35.5. The van der Waals surface area contributed by atoms with Crippen LogP contribution in [-0.2, 0) is 10.1 Å². The lowest BCUT2D eigenvalue weighted by molar-refractivity contribution is -0.385. The second kappa shape index (κ2) is 6.88. The van der Waals surface area contributed by atoms with Gasteiger partial charge in [0.15, 0.2) is 0 Å². The molecule has 0 heterocycles. The van der Waals surface area contributed by atoms with Crippen LogP contribution >= 0.6 is 11.6 Å². The van der Waals surface area contributed by atoms with E-state index in [0.717, 1.165) is 24.3 Å². The van der Waals surface area contributed by atoms with Crippen molar-refractivity contribution < 1.29 is 22.8 Å². The first-order chi connectivity index (χ1) is 11.6. The van der Waals surface area contributed by atoms with Crippen LogP contribution in [0.15, 0.2) is 41.3 Å². The van der Waals surface area contributed by atoms with Crippen LogP contribution in [0, 0.1) is 20.2 Å². The minimum atomic E-state index is -4.75. The lowest BCUT2D eigenvalue weighted by atomic mass is 10.3. The number of nitro groups is 2. The average Bonchev–Trinajstić information content (AvgIpc) is 2.52. The van der Waals surface area contributed by atoms with Gasteiger partial charge in [0.25, 0.3) is 21.5 Å². The van der Waals surface area contributed by atoms with Crippen molar-refractivity contribution in [3.63, 3.8) is 0 Å². The van der Waals surface area contributed by atoms with Crippen LogP contribution in [0.1, 0.15) is 0 Å². The van der Waals surface area contributed by atoms with E-state index in [9.17, 15) is 33.2 Å². The summed E-state index contributed by atoms with van der Waals surface area (Å²) in [6, 6.07) is 6.27. The van der Waals surface area contributed by atoms with Crippen LogP contribution < -0.4 is 10.9 Å². The van der Waals surface area contributed by atoms with Crippen LogP contribution in [0.4, 0.5) is 22.7 Å². The molecule has 0 unspecified atom stereocenters. The van der Waals surface area contributed by atoms with Crippen LogP contribution in [0.3, 0.4) is 0 Å². The monoisotopic (exact) mass is 388 g/mol. The molecule has 11 nitrogen and oxygen atoms in total. The lowest BCUT2D eigenvalue weighted by Crippen LogP contribution is -2.13. The SMILES string of the molecule is O=[N+]([O-])c1ccc(NNc2ccc([N+](=O)[O-])cc2S(=O)(=O)O)c(Cl)c1. The summed E-state index contributed by atoms with van der Waals surface area (Å²) in [5.74, 6) is 0. The van der Waals surface area contributed by atoms with Gasteiger partial charge in [0, 0.05) is 24.3 Å². The smallest absolute Gasteiger partial charge is 0.296 e. The highest BCUT2D eigenvalue weighted by Crippen LogP contribution is 2.29. The summed E-state index contributed by atoms with van der Waals surface area (Å²) in [7, 11) is -4.75. The van der Waals surface area contributed by atoms with Gasteiger partial charge in [-0.1, -0.05) is 11.6 Å². The Morgan fingerprint density at radius 3 is 1.88 bits per heavy atom. The maximum absolute atomic E-state index is 11.4. The minimum Gasteiger partial charge on any atom is -0.299 e. The third-order valence-corrected chi connectivity index (χ3v) is 4.16. The molecule has 0 aliphatic heterocycles. The molecule has 13 heteroatoms. The van der Waals surface area contributed by atoms with Gasteiger partial charge in [-0.2, -0.15) is 8.42 Å². The fourth-order valence-electron chi connectivity index (χ4n) is 1.79. The second-order valence-corrected chi connectivity index (χ2v) is 6.38. The molecular weight excluding hydrogens is 380 g/mol. The summed E-state index contributed by atoms with van der Waals surface area (Å²) in [5.41, 5.74) is 4.13. The summed E-state index contributed by atoms with van der Waals surface area (Å²) in [4.78, 5) is 19.2. The van der Waals surface area contributed by atoms with E-state index in [4.69, 9.17) is 11.6 Å². The summed E-state index contributed by atoms with van der Waals surface area (Å²) < 4.78 is 32.0. The predicted octanol–water partition coefficient (Wildman–Crippen LogP) is 2.84. The van der Waals surface area contributed by atoms with Gasteiger partial charge in [0.05, 0.1) is 26.2 Å². The molecular formula is C12H9ClN4O7S. The number of nitro benzene ring substituents is 2. The molecule has 0 saturated carbocycles. The highest BCUT2D eigenvalue weighted by molar-refractivity contribution is 7.86. The number of hydrazine groups is 1. The van der Waals surface area contributed by atoms with Gasteiger partial charge in [-0.05, 0) is 12.1 Å². The van der Waals surface area contributed by atoms with Crippen molar-refractivity contribution in [2.24, 2.45) is 0 Å². The van der Waals surface area contributed by atoms with E-state index < -0.39 is 30.5 Å². The molecule has 0 amide bonds. The van der Waals surface area contributed by atoms with Crippen molar-refractivity contribution >= 4 is 44.5 Å². The van der Waals surface area contributed by atoms with Crippen LogP contribution in [0.2, 0.25) is 5.02 Å². The maximum atomic E-state index is 11.4. The predicted molar refractivity (Wildman–Crippen MR) is 88.3 cm³/mol. The summed E-state index contributed by atoms with van der Waals surface area (Å²) in [6.07, 6.45) is 0. The molecule has 132 valence electrons. The van der Waals surface area contributed by atoms with Gasteiger partial charge in [-0.15, -0.1) is 0 Å². The van der Waals surface area contributed by atoms with Crippen molar-refractivity contribution in [1.82, 2.24) is 0 Å². The van der Waals surface area contributed by atoms with Crippen LogP contribution in [0.25, 0.3) is 0 Å². The zero-order valence-electron chi connectivity index (χ0n) is 12.0. The number of hydrogen-bond donors (Lipinski definition) is 3. The van der Waals surface area contributed by atoms with Gasteiger partial charge in [0.1, 0.15) is 4.90 Å². The van der Waals surface area contributed by atoms with Crippen molar-refractivity contribution in [2.45, 2.75) is 4.90 Å². The highest BCUT2D eigenvalue weighted by Gasteiger charge is 2.20. The fraction of sp³-hybridized carbons (Fsp3) is 0. The number of anilines is 2. The molecule has 0 bridgehead atoms. The average molecular weight is 389 g/mol. The molecule has 3 N–H and O–H groups in total. The Balaban J connectivity index is 2.32. The molecule has 0 radical (unpaired) electrons. The fourth-order valence-corrected chi connectivity index (χ4v) is 2.68. The van der Waals surface area contributed by atoms with Crippen molar-refractivity contribution in [1.29, 1.82) is 0 Å². The molecule has 0 atom stereocenters. The Hall–Kier alpha value is -2.96. The first-order valence-electron chi connectivity index (χ1n) is 6.31. The van der Waals surface area contributed by atoms with Crippen LogP contribution in [-0.4, -0.2) is 22.8 Å². The molecule has 2 rings (SSSR count). The molecule has 0 saturated heterocycles. The van der Waals surface area contributed by atoms with Gasteiger partial charge < -0.3 is 0 Å². The molecule has 25 heavy (non-hydrogen) atoms. The Labute approximate surface area is 145 Å². The third kappa shape index (κ3) is 4.32. The number of hydrogen-bond acceptors (Lipinski definition) is 8. The first-order valence-corrected chi connectivity index (χ1v) is 8.13. The van der Waals surface area contributed by atoms with E-state index in [2.05, 4.69) is 10.9 Å². The zero-order valence-corrected chi connectivity index (χ0v) is 13.6. The van der Waals surface area contributed by atoms with E-state index in [1.54, 1.807) is 0 Å². The summed E-state index contributed by atoms with van der Waals surface area (Å²) >= 11 is 5.87. The Morgan fingerprint density at radius 2 is 1.40 bits per heavy atom. The first kappa shape index (κ1) is 18.4. The quantitative estimate of drug-likeness (QED) is 0.383. The number of benzene rings is 2. The second-order valence-electron chi connectivity index (χ2n) is 4.58. The van der Waals surface area contributed by atoms with Gasteiger partial charge >= 0.3 is 0 Å². The third-order valence-electron chi connectivity index (χ3n) is 2.95. The number of nitrogens with zero attached hydrogens (tertiary/aromatic N) is 2. The Morgan fingerprint density at radius 1 is 0.920 bits per heavy atom. The standard InChI is InChI=1S/C12H9ClN4O7S/c13-9-5-7(16(18)19)1-3-10(9)14-15-11-4-2-8(17(20)21)6-12(11)25(22,23)24/h1-6,14-15H,(H,22,23,24). The largest absolute Gasteiger partial charge is 0.299 e. The molecule has 0 fully saturated rings. The Kier molecular flexibility index (Phi) is 5.06. The number of halogens is 1. The molecule has 0 aromatic heterocycles. The number of non-ortho nitro benzene ring substituents is 2. The normalized spacial score (nSPS) is 11.0. The molecule has 2 aromatic carbocycles. The summed E-state index contributed by atoms with van der Waals surface area (Å²) in [6.45, 7) is 0. The van der Waals surface area contributed by atoms with E-state index >= 15 is 0 Å². The van der Waals surface area contributed by atoms with E-state index in [1.807, 2.05) is 0 Å². The van der Waals surface area contributed by atoms with Crippen molar-refractivity contribution in [2.75, 3.05) is 10.9 Å². The van der Waals surface area contributed by atoms with E-state index in [-0.39, 0.29) is 22.1 Å². The van der Waals surface area contributed by atoms with Crippen molar-refractivity contribution in [3.8, 4) is 0 Å². The topological polar surface area (TPSA) is 165 Å². The van der Waals surface area contributed by atoms with Crippen molar-refractivity contribution in [3.05, 3.63) is 61.6 Å². The number of rotatable bonds is 6. The number of nitrogens with one attached hydrogen (secondary N) is 2. The minimum absolute atomic E-state index is 0.0305. The van der Waals surface area contributed by atoms with E-state index in [0.29, 0.717) is 6.07 Å². The molecule has 0 aliphatic rings. The maximum Gasteiger partial charge on any atom is 0.296 e.